The zero-order valence-corrected chi connectivity index (χ0v) is 12.6. The first kappa shape index (κ1) is 14.1. The van der Waals surface area contributed by atoms with Gasteiger partial charge in [-0.05, 0) is 31.2 Å². The van der Waals surface area contributed by atoms with Crippen molar-refractivity contribution in [1.29, 1.82) is 0 Å². The van der Waals surface area contributed by atoms with Crippen molar-refractivity contribution in [3.63, 3.8) is 0 Å². The largest absolute Gasteiger partial charge is 0.326 e. The third-order valence-electron chi connectivity index (χ3n) is 4.20. The third kappa shape index (κ3) is 2.93. The molecule has 0 bridgehead atoms. The van der Waals surface area contributed by atoms with Crippen molar-refractivity contribution < 1.29 is 0 Å². The van der Waals surface area contributed by atoms with Gasteiger partial charge in [-0.2, -0.15) is 5.10 Å². The van der Waals surface area contributed by atoms with E-state index in [1.54, 1.807) is 6.07 Å². The Labute approximate surface area is 124 Å². The molecule has 1 aliphatic rings. The Morgan fingerprint density at radius 3 is 3.14 bits per heavy atom. The number of aromatic nitrogens is 3. The Morgan fingerprint density at radius 2 is 2.33 bits per heavy atom. The van der Waals surface area contributed by atoms with Gasteiger partial charge >= 0.3 is 0 Å². The number of fused-ring (bicyclic) bond motifs is 1. The van der Waals surface area contributed by atoms with Gasteiger partial charge in [0.05, 0.1) is 5.69 Å². The number of hydrogen-bond donors (Lipinski definition) is 2. The molecule has 2 N–H and O–H groups in total. The van der Waals surface area contributed by atoms with E-state index in [4.69, 9.17) is 0 Å². The molecule has 5 heteroatoms. The van der Waals surface area contributed by atoms with Crippen LogP contribution in [0.4, 0.5) is 0 Å². The first-order chi connectivity index (χ1) is 10.2. The minimum absolute atomic E-state index is 0.00470. The monoisotopic (exact) mass is 286 g/mol. The molecule has 0 saturated heterocycles. The standard InChI is InChI=1S/C16H22N4O/c1-3-13-11(10-20(2)19-13)9-17-14-5-4-6-15-12(14)7-8-16(21)18-15/h7-8,10,14,17H,3-6,9H2,1-2H3,(H,18,21). The number of pyridine rings is 1. The molecule has 0 fully saturated rings. The molecule has 2 aromatic heterocycles. The van der Waals surface area contributed by atoms with E-state index < -0.39 is 0 Å². The van der Waals surface area contributed by atoms with Crippen LogP contribution in [-0.4, -0.2) is 14.8 Å². The van der Waals surface area contributed by atoms with Crippen molar-refractivity contribution in [3.05, 3.63) is 51.2 Å². The maximum Gasteiger partial charge on any atom is 0.248 e. The molecule has 1 aliphatic carbocycles. The van der Waals surface area contributed by atoms with E-state index in [-0.39, 0.29) is 5.56 Å². The lowest BCUT2D eigenvalue weighted by molar-refractivity contribution is 0.452. The topological polar surface area (TPSA) is 62.7 Å². The summed E-state index contributed by atoms with van der Waals surface area (Å²) in [5.41, 5.74) is 4.74. The fourth-order valence-corrected chi connectivity index (χ4v) is 3.17. The highest BCUT2D eigenvalue weighted by atomic mass is 16.1. The van der Waals surface area contributed by atoms with Gasteiger partial charge in [-0.1, -0.05) is 13.0 Å². The van der Waals surface area contributed by atoms with Crippen LogP contribution >= 0.6 is 0 Å². The molecular weight excluding hydrogens is 264 g/mol. The Kier molecular flexibility index (Phi) is 3.92. The molecule has 0 amide bonds. The van der Waals surface area contributed by atoms with E-state index in [1.807, 2.05) is 17.8 Å². The Hall–Kier alpha value is -1.88. The van der Waals surface area contributed by atoms with Crippen LogP contribution in [0, 0.1) is 0 Å². The zero-order valence-electron chi connectivity index (χ0n) is 12.6. The van der Waals surface area contributed by atoms with Gasteiger partial charge in [0, 0.05) is 43.2 Å². The average Bonchev–Trinajstić information content (AvgIpc) is 2.84. The van der Waals surface area contributed by atoms with Gasteiger partial charge < -0.3 is 10.3 Å². The summed E-state index contributed by atoms with van der Waals surface area (Å²) >= 11 is 0. The number of H-pyrrole nitrogens is 1. The van der Waals surface area contributed by atoms with Crippen LogP contribution in [0.15, 0.2) is 23.1 Å². The summed E-state index contributed by atoms with van der Waals surface area (Å²) in [6.07, 6.45) is 6.23. The van der Waals surface area contributed by atoms with E-state index in [1.165, 1.54) is 11.1 Å². The number of hydrogen-bond acceptors (Lipinski definition) is 3. The first-order valence-electron chi connectivity index (χ1n) is 7.64. The van der Waals surface area contributed by atoms with Crippen molar-refractivity contribution in [2.45, 2.75) is 45.2 Å². The number of rotatable bonds is 4. The van der Waals surface area contributed by atoms with Gasteiger partial charge in [-0.25, -0.2) is 0 Å². The summed E-state index contributed by atoms with van der Waals surface area (Å²) in [4.78, 5) is 14.4. The molecule has 2 heterocycles. The highest BCUT2D eigenvalue weighted by molar-refractivity contribution is 5.26. The van der Waals surface area contributed by atoms with Gasteiger partial charge in [-0.15, -0.1) is 0 Å². The smallest absolute Gasteiger partial charge is 0.248 e. The highest BCUT2D eigenvalue weighted by Crippen LogP contribution is 2.27. The summed E-state index contributed by atoms with van der Waals surface area (Å²) in [6.45, 7) is 2.95. The summed E-state index contributed by atoms with van der Waals surface area (Å²) in [6, 6.07) is 3.91. The number of aromatic amines is 1. The van der Waals surface area contributed by atoms with Crippen LogP contribution in [0.3, 0.4) is 0 Å². The number of nitrogens with zero attached hydrogens (tertiary/aromatic N) is 2. The summed E-state index contributed by atoms with van der Waals surface area (Å²) in [7, 11) is 1.96. The molecular formula is C16H22N4O. The van der Waals surface area contributed by atoms with Crippen LogP contribution in [0.1, 0.15) is 48.3 Å². The van der Waals surface area contributed by atoms with E-state index in [9.17, 15) is 4.79 Å². The normalized spacial score (nSPS) is 17.7. The Bertz CT molecular complexity index is 686. The third-order valence-corrected chi connectivity index (χ3v) is 4.20. The van der Waals surface area contributed by atoms with Gasteiger partial charge in [0.25, 0.3) is 0 Å². The maximum atomic E-state index is 11.4. The van der Waals surface area contributed by atoms with Crippen molar-refractivity contribution in [2.75, 3.05) is 0 Å². The minimum Gasteiger partial charge on any atom is -0.326 e. The van der Waals surface area contributed by atoms with Crippen molar-refractivity contribution in [1.82, 2.24) is 20.1 Å². The van der Waals surface area contributed by atoms with Crippen molar-refractivity contribution >= 4 is 0 Å². The van der Waals surface area contributed by atoms with Crippen LogP contribution in [0.5, 0.6) is 0 Å². The van der Waals surface area contributed by atoms with E-state index in [0.717, 1.165) is 43.6 Å². The Balaban J connectivity index is 1.76. The van der Waals surface area contributed by atoms with Gasteiger partial charge in [-0.3, -0.25) is 9.48 Å². The van der Waals surface area contributed by atoms with Crippen LogP contribution in [-0.2, 0) is 26.4 Å². The van der Waals surface area contributed by atoms with E-state index in [2.05, 4.69) is 28.5 Å². The second-order valence-electron chi connectivity index (χ2n) is 5.71. The lowest BCUT2D eigenvalue weighted by Gasteiger charge is -2.26. The molecule has 112 valence electrons. The molecule has 0 aliphatic heterocycles. The van der Waals surface area contributed by atoms with Crippen molar-refractivity contribution in [3.8, 4) is 0 Å². The van der Waals surface area contributed by atoms with E-state index >= 15 is 0 Å². The molecule has 1 atom stereocenters. The molecule has 0 radical (unpaired) electrons. The SMILES string of the molecule is CCc1nn(C)cc1CNC1CCCc2[nH]c(=O)ccc21. The van der Waals surface area contributed by atoms with Crippen molar-refractivity contribution in [2.24, 2.45) is 7.05 Å². The van der Waals surface area contributed by atoms with E-state index in [0.29, 0.717) is 6.04 Å². The average molecular weight is 286 g/mol. The highest BCUT2D eigenvalue weighted by Gasteiger charge is 2.20. The van der Waals surface area contributed by atoms with Crippen LogP contribution < -0.4 is 10.9 Å². The van der Waals surface area contributed by atoms with Crippen LogP contribution in [0.2, 0.25) is 0 Å². The fraction of sp³-hybridized carbons (Fsp3) is 0.500. The second kappa shape index (κ2) is 5.85. The van der Waals surface area contributed by atoms with Gasteiger partial charge in [0.1, 0.15) is 0 Å². The lowest BCUT2D eigenvalue weighted by Crippen LogP contribution is -2.27. The second-order valence-corrected chi connectivity index (χ2v) is 5.71. The molecule has 5 nitrogen and oxygen atoms in total. The number of aryl methyl sites for hydroxylation is 3. The number of nitrogens with one attached hydrogen (secondary N) is 2. The molecule has 1 unspecified atom stereocenters. The summed E-state index contributed by atoms with van der Waals surface area (Å²) in [5.74, 6) is 0. The molecule has 21 heavy (non-hydrogen) atoms. The quantitative estimate of drug-likeness (QED) is 0.901. The minimum atomic E-state index is -0.00470. The molecule has 3 rings (SSSR count). The van der Waals surface area contributed by atoms with Gasteiger partial charge in [0.2, 0.25) is 5.56 Å². The molecule has 0 aromatic carbocycles. The zero-order chi connectivity index (χ0) is 14.8. The van der Waals surface area contributed by atoms with Crippen LogP contribution in [0.25, 0.3) is 0 Å². The molecule has 0 saturated carbocycles. The first-order valence-corrected chi connectivity index (χ1v) is 7.64. The van der Waals surface area contributed by atoms with Gasteiger partial charge in [0.15, 0.2) is 0 Å². The Morgan fingerprint density at radius 1 is 1.48 bits per heavy atom. The molecule has 2 aromatic rings. The summed E-state index contributed by atoms with van der Waals surface area (Å²) in [5, 5.41) is 8.10. The maximum absolute atomic E-state index is 11.4. The predicted octanol–water partition coefficient (Wildman–Crippen LogP) is 1.84. The fourth-order valence-electron chi connectivity index (χ4n) is 3.17. The predicted molar refractivity (Wildman–Crippen MR) is 82.2 cm³/mol. The molecule has 0 spiro atoms. The summed E-state index contributed by atoms with van der Waals surface area (Å²) < 4.78 is 1.88. The lowest BCUT2D eigenvalue weighted by atomic mass is 9.91.